The molecule has 0 saturated heterocycles. The second kappa shape index (κ2) is 3.82. The average Bonchev–Trinajstić information content (AvgIpc) is 2.16. The predicted octanol–water partition coefficient (Wildman–Crippen LogP) is 1.52. The molecule has 0 radical (unpaired) electrons. The molecule has 0 aliphatic rings. The van der Waals surface area contributed by atoms with Crippen molar-refractivity contribution in [3.63, 3.8) is 0 Å². The molecule has 68 valence electrons. The largest absolute Gasteiger partial charge is 0.373 e. The second-order valence-electron chi connectivity index (χ2n) is 2.48. The van der Waals surface area contributed by atoms with Crippen molar-refractivity contribution in [3.8, 4) is 0 Å². The van der Waals surface area contributed by atoms with Gasteiger partial charge < -0.3 is 0 Å². The van der Waals surface area contributed by atoms with Crippen LogP contribution in [0.2, 0.25) is 0 Å². The molecule has 0 unspecified atom stereocenters. The van der Waals surface area contributed by atoms with E-state index in [-0.39, 0.29) is 16.9 Å². The average molecular weight is 180 g/mol. The van der Waals surface area contributed by atoms with E-state index in [9.17, 15) is 9.59 Å². The topological polar surface area (TPSA) is 63.6 Å². The molecule has 1 N–H and O–H groups in total. The Morgan fingerprint density at radius 3 is 2.23 bits per heavy atom. The summed E-state index contributed by atoms with van der Waals surface area (Å²) in [5, 5.41) is 8.13. The molecule has 1 rings (SSSR count). The quantitative estimate of drug-likeness (QED) is 0.425. The normalized spacial score (nSPS) is 9.38. The zero-order valence-corrected chi connectivity index (χ0v) is 6.98. The lowest BCUT2D eigenvalue weighted by Crippen LogP contribution is -2.08. The van der Waals surface area contributed by atoms with Crippen molar-refractivity contribution in [2.45, 2.75) is 6.92 Å². The monoisotopic (exact) mass is 180 g/mol. The highest BCUT2D eigenvalue weighted by Crippen LogP contribution is 2.10. The lowest BCUT2D eigenvalue weighted by atomic mass is 10.1. The van der Waals surface area contributed by atoms with Gasteiger partial charge in [-0.1, -0.05) is 18.2 Å². The summed E-state index contributed by atoms with van der Waals surface area (Å²) in [7, 11) is 0. The van der Waals surface area contributed by atoms with Crippen molar-refractivity contribution in [2.75, 3.05) is 0 Å². The van der Waals surface area contributed by atoms with Crippen molar-refractivity contribution in [1.82, 2.24) is 0 Å². The maximum atomic E-state index is 11.0. The van der Waals surface area contributed by atoms with Crippen LogP contribution in [0.3, 0.4) is 0 Å². The SMILES string of the molecule is CC(=O)c1ccccc1C(=O)OO. The van der Waals surface area contributed by atoms with E-state index in [1.165, 1.54) is 19.1 Å². The molecule has 0 aromatic heterocycles. The Labute approximate surface area is 74.7 Å². The lowest BCUT2D eigenvalue weighted by molar-refractivity contribution is -0.182. The van der Waals surface area contributed by atoms with Crippen LogP contribution in [0.4, 0.5) is 0 Å². The van der Waals surface area contributed by atoms with Crippen LogP contribution in [0.25, 0.3) is 0 Å². The van der Waals surface area contributed by atoms with Gasteiger partial charge in [0.25, 0.3) is 0 Å². The minimum Gasteiger partial charge on any atom is -0.295 e. The number of Topliss-reactive ketones (excluding diaryl/α,β-unsaturated/α-hetero) is 1. The molecular weight excluding hydrogens is 172 g/mol. The van der Waals surface area contributed by atoms with Gasteiger partial charge in [-0.15, -0.1) is 0 Å². The molecule has 0 fully saturated rings. The van der Waals surface area contributed by atoms with E-state index < -0.39 is 5.97 Å². The van der Waals surface area contributed by atoms with Crippen LogP contribution in [0.15, 0.2) is 24.3 Å². The highest BCUT2D eigenvalue weighted by Gasteiger charge is 2.14. The van der Waals surface area contributed by atoms with Gasteiger partial charge >= 0.3 is 5.97 Å². The number of hydrogen-bond acceptors (Lipinski definition) is 4. The summed E-state index contributed by atoms with van der Waals surface area (Å²) in [4.78, 5) is 25.4. The first-order valence-corrected chi connectivity index (χ1v) is 3.62. The highest BCUT2D eigenvalue weighted by molar-refractivity contribution is 6.05. The molecule has 4 nitrogen and oxygen atoms in total. The smallest absolute Gasteiger partial charge is 0.295 e. The fourth-order valence-electron chi connectivity index (χ4n) is 1.02. The van der Waals surface area contributed by atoms with Crippen molar-refractivity contribution in [2.24, 2.45) is 0 Å². The van der Waals surface area contributed by atoms with Gasteiger partial charge in [-0.05, 0) is 13.0 Å². The highest BCUT2D eigenvalue weighted by atomic mass is 17.1. The van der Waals surface area contributed by atoms with Crippen LogP contribution < -0.4 is 0 Å². The van der Waals surface area contributed by atoms with Crippen LogP contribution in [0.5, 0.6) is 0 Å². The van der Waals surface area contributed by atoms with Crippen molar-refractivity contribution in [3.05, 3.63) is 35.4 Å². The van der Waals surface area contributed by atoms with E-state index in [2.05, 4.69) is 4.89 Å². The summed E-state index contributed by atoms with van der Waals surface area (Å²) in [6.45, 7) is 1.34. The first kappa shape index (κ1) is 9.41. The molecule has 0 atom stereocenters. The molecule has 0 spiro atoms. The van der Waals surface area contributed by atoms with E-state index in [0.29, 0.717) is 0 Å². The van der Waals surface area contributed by atoms with Crippen molar-refractivity contribution < 1.29 is 19.7 Å². The lowest BCUT2D eigenvalue weighted by Gasteiger charge is -2.01. The second-order valence-corrected chi connectivity index (χ2v) is 2.48. The Morgan fingerprint density at radius 2 is 1.77 bits per heavy atom. The molecule has 4 heteroatoms. The number of hydrogen-bond donors (Lipinski definition) is 1. The van der Waals surface area contributed by atoms with E-state index in [1.807, 2.05) is 0 Å². The maximum absolute atomic E-state index is 11.0. The van der Waals surface area contributed by atoms with E-state index in [4.69, 9.17) is 5.26 Å². The Hall–Kier alpha value is -1.68. The van der Waals surface area contributed by atoms with Gasteiger partial charge in [-0.3, -0.25) is 9.68 Å². The van der Waals surface area contributed by atoms with Gasteiger partial charge in [0.15, 0.2) is 5.78 Å². The number of rotatable bonds is 2. The van der Waals surface area contributed by atoms with Crippen molar-refractivity contribution >= 4 is 11.8 Å². The molecule has 0 amide bonds. The van der Waals surface area contributed by atoms with Crippen LogP contribution in [-0.4, -0.2) is 17.0 Å². The maximum Gasteiger partial charge on any atom is 0.373 e. The van der Waals surface area contributed by atoms with Crippen LogP contribution in [0, 0.1) is 0 Å². The summed E-state index contributed by atoms with van der Waals surface area (Å²) < 4.78 is 0. The number of carbonyl (C=O) groups is 2. The summed E-state index contributed by atoms with van der Waals surface area (Å²) in [6, 6.07) is 6.12. The number of benzene rings is 1. The molecule has 1 aromatic carbocycles. The zero-order valence-electron chi connectivity index (χ0n) is 6.98. The third-order valence-corrected chi connectivity index (χ3v) is 1.61. The molecule has 0 heterocycles. The van der Waals surface area contributed by atoms with Crippen molar-refractivity contribution in [1.29, 1.82) is 0 Å². The minimum atomic E-state index is -0.925. The third kappa shape index (κ3) is 1.91. The number of ketones is 1. The fraction of sp³-hybridized carbons (Fsp3) is 0.111. The van der Waals surface area contributed by atoms with Gasteiger partial charge in [0.05, 0.1) is 5.56 Å². The first-order chi connectivity index (χ1) is 6.16. The molecule has 0 aliphatic carbocycles. The van der Waals surface area contributed by atoms with E-state index in [0.717, 1.165) is 0 Å². The predicted molar refractivity (Wildman–Crippen MR) is 44.5 cm³/mol. The Kier molecular flexibility index (Phi) is 2.76. The molecule has 0 saturated carbocycles. The Bertz CT molecular complexity index is 343. The van der Waals surface area contributed by atoms with Gasteiger partial charge in [-0.25, -0.2) is 4.79 Å². The Morgan fingerprint density at radius 1 is 1.23 bits per heavy atom. The van der Waals surface area contributed by atoms with E-state index >= 15 is 0 Å². The molecule has 1 aromatic rings. The van der Waals surface area contributed by atoms with Gasteiger partial charge in [0, 0.05) is 5.56 Å². The number of carbonyl (C=O) groups excluding carboxylic acids is 2. The summed E-state index contributed by atoms with van der Waals surface area (Å²) in [6.07, 6.45) is 0. The van der Waals surface area contributed by atoms with Gasteiger partial charge in [0.2, 0.25) is 0 Å². The molecule has 0 bridgehead atoms. The van der Waals surface area contributed by atoms with Crippen LogP contribution in [0.1, 0.15) is 27.6 Å². The zero-order chi connectivity index (χ0) is 9.84. The van der Waals surface area contributed by atoms with E-state index in [1.54, 1.807) is 12.1 Å². The molecule has 13 heavy (non-hydrogen) atoms. The molecule has 0 aliphatic heterocycles. The van der Waals surface area contributed by atoms with Crippen LogP contribution >= 0.6 is 0 Å². The first-order valence-electron chi connectivity index (χ1n) is 3.62. The summed E-state index contributed by atoms with van der Waals surface area (Å²) in [5.41, 5.74) is 0.305. The Balaban J connectivity index is 3.19. The summed E-state index contributed by atoms with van der Waals surface area (Å²) >= 11 is 0. The minimum absolute atomic E-state index is 0.0671. The van der Waals surface area contributed by atoms with Crippen LogP contribution in [-0.2, 0) is 4.89 Å². The summed E-state index contributed by atoms with van der Waals surface area (Å²) in [5.74, 6) is -1.17. The third-order valence-electron chi connectivity index (χ3n) is 1.61. The fourth-order valence-corrected chi connectivity index (χ4v) is 1.02. The molecular formula is C9H8O4. The van der Waals surface area contributed by atoms with Gasteiger partial charge in [0.1, 0.15) is 0 Å². The standard InChI is InChI=1S/C9H8O4/c1-6(10)7-4-2-3-5-8(7)9(11)13-12/h2-5,12H,1H3. The van der Waals surface area contributed by atoms with Gasteiger partial charge in [-0.2, -0.15) is 5.26 Å².